The third-order valence-corrected chi connectivity index (χ3v) is 4.75. The average molecular weight is 224 g/mol. The lowest BCUT2D eigenvalue weighted by Gasteiger charge is -2.41. The first-order valence-corrected chi connectivity index (χ1v) is 6.51. The number of hydrogen-bond acceptors (Lipinski definition) is 2. The van der Waals surface area contributed by atoms with Gasteiger partial charge >= 0.3 is 0 Å². The van der Waals surface area contributed by atoms with Gasteiger partial charge in [0.2, 0.25) is 5.91 Å². The van der Waals surface area contributed by atoms with Gasteiger partial charge in [0.25, 0.3) is 0 Å². The normalized spacial score (nSPS) is 30.8. The second-order valence-electron chi connectivity index (χ2n) is 6.24. The second kappa shape index (κ2) is 4.02. The maximum Gasteiger partial charge on any atom is 0.227 e. The summed E-state index contributed by atoms with van der Waals surface area (Å²) in [6.45, 7) is 5.01. The lowest BCUT2D eigenvalue weighted by Crippen LogP contribution is -2.54. The third kappa shape index (κ3) is 1.86. The molecule has 0 heterocycles. The van der Waals surface area contributed by atoms with Gasteiger partial charge in [-0.15, -0.1) is 0 Å². The number of carbonyl (C=O) groups is 1. The molecule has 16 heavy (non-hydrogen) atoms. The standard InChI is InChI=1S/C13H24N2O/c1-12(2)6-3-5-10(12)15-11(16)13(9-14)7-4-8-13/h10H,3-9,14H2,1-2H3,(H,15,16). The fourth-order valence-electron chi connectivity index (χ4n) is 3.03. The van der Waals surface area contributed by atoms with E-state index in [2.05, 4.69) is 19.2 Å². The molecule has 0 bridgehead atoms. The van der Waals surface area contributed by atoms with E-state index in [1.54, 1.807) is 0 Å². The fraction of sp³-hybridized carbons (Fsp3) is 0.923. The lowest BCUT2D eigenvalue weighted by atomic mass is 9.68. The maximum absolute atomic E-state index is 12.2. The minimum absolute atomic E-state index is 0.209. The summed E-state index contributed by atoms with van der Waals surface area (Å²) >= 11 is 0. The van der Waals surface area contributed by atoms with Gasteiger partial charge < -0.3 is 11.1 Å². The summed E-state index contributed by atoms with van der Waals surface area (Å²) in [5.41, 5.74) is 5.79. The summed E-state index contributed by atoms with van der Waals surface area (Å²) in [7, 11) is 0. The van der Waals surface area contributed by atoms with Crippen LogP contribution in [0.4, 0.5) is 0 Å². The SMILES string of the molecule is CC1(C)CCCC1NC(=O)C1(CN)CCC1. The van der Waals surface area contributed by atoms with Crippen molar-refractivity contribution in [3.8, 4) is 0 Å². The summed E-state index contributed by atoms with van der Waals surface area (Å²) < 4.78 is 0. The van der Waals surface area contributed by atoms with Crippen LogP contribution in [-0.2, 0) is 4.79 Å². The van der Waals surface area contributed by atoms with Crippen LogP contribution in [0.25, 0.3) is 0 Å². The minimum atomic E-state index is -0.224. The molecule has 0 aromatic rings. The summed E-state index contributed by atoms with van der Waals surface area (Å²) in [5, 5.41) is 3.24. The quantitative estimate of drug-likeness (QED) is 0.768. The van der Waals surface area contributed by atoms with Crippen molar-refractivity contribution in [3.05, 3.63) is 0 Å². The minimum Gasteiger partial charge on any atom is -0.352 e. The van der Waals surface area contributed by atoms with Crippen LogP contribution in [0.15, 0.2) is 0 Å². The maximum atomic E-state index is 12.2. The van der Waals surface area contributed by atoms with Crippen LogP contribution in [0.3, 0.4) is 0 Å². The molecule has 2 aliphatic rings. The first kappa shape index (κ1) is 11.9. The van der Waals surface area contributed by atoms with Gasteiger partial charge in [0, 0.05) is 12.6 Å². The molecule has 0 aromatic heterocycles. The van der Waals surface area contributed by atoms with Crippen LogP contribution in [0.5, 0.6) is 0 Å². The smallest absolute Gasteiger partial charge is 0.227 e. The highest BCUT2D eigenvalue weighted by atomic mass is 16.2. The Kier molecular flexibility index (Phi) is 2.99. The highest BCUT2D eigenvalue weighted by Gasteiger charge is 2.45. The van der Waals surface area contributed by atoms with Crippen LogP contribution in [-0.4, -0.2) is 18.5 Å². The summed E-state index contributed by atoms with van der Waals surface area (Å²) in [5.74, 6) is 0.209. The van der Waals surface area contributed by atoms with Crippen molar-refractivity contribution >= 4 is 5.91 Å². The molecule has 92 valence electrons. The molecular weight excluding hydrogens is 200 g/mol. The van der Waals surface area contributed by atoms with E-state index in [4.69, 9.17) is 5.73 Å². The Hall–Kier alpha value is -0.570. The molecule has 2 aliphatic carbocycles. The summed E-state index contributed by atoms with van der Waals surface area (Å²) in [6, 6.07) is 0.351. The van der Waals surface area contributed by atoms with Crippen molar-refractivity contribution < 1.29 is 4.79 Å². The Balaban J connectivity index is 1.97. The second-order valence-corrected chi connectivity index (χ2v) is 6.24. The van der Waals surface area contributed by atoms with E-state index in [0.29, 0.717) is 12.6 Å². The van der Waals surface area contributed by atoms with E-state index in [1.165, 1.54) is 12.8 Å². The van der Waals surface area contributed by atoms with Gasteiger partial charge in [-0.1, -0.05) is 26.7 Å². The van der Waals surface area contributed by atoms with Crippen LogP contribution < -0.4 is 11.1 Å². The van der Waals surface area contributed by atoms with Crippen molar-refractivity contribution in [3.63, 3.8) is 0 Å². The van der Waals surface area contributed by atoms with E-state index >= 15 is 0 Å². The van der Waals surface area contributed by atoms with Crippen molar-refractivity contribution in [2.75, 3.05) is 6.54 Å². The van der Waals surface area contributed by atoms with Crippen molar-refractivity contribution in [1.82, 2.24) is 5.32 Å². The summed E-state index contributed by atoms with van der Waals surface area (Å²) in [6.07, 6.45) is 6.67. The first-order chi connectivity index (χ1) is 7.50. The highest BCUT2D eigenvalue weighted by Crippen LogP contribution is 2.42. The number of hydrogen-bond donors (Lipinski definition) is 2. The van der Waals surface area contributed by atoms with Crippen molar-refractivity contribution in [2.24, 2.45) is 16.6 Å². The zero-order chi connectivity index (χ0) is 11.8. The molecule has 1 atom stereocenters. The molecule has 2 fully saturated rings. The van der Waals surface area contributed by atoms with Crippen LogP contribution in [0, 0.1) is 10.8 Å². The fourth-order valence-corrected chi connectivity index (χ4v) is 3.03. The van der Waals surface area contributed by atoms with Crippen molar-refractivity contribution in [2.45, 2.75) is 58.4 Å². The zero-order valence-electron chi connectivity index (χ0n) is 10.5. The number of rotatable bonds is 3. The van der Waals surface area contributed by atoms with E-state index in [9.17, 15) is 4.79 Å². The van der Waals surface area contributed by atoms with Gasteiger partial charge in [0.05, 0.1) is 5.41 Å². The van der Waals surface area contributed by atoms with E-state index in [0.717, 1.165) is 25.7 Å². The molecule has 2 saturated carbocycles. The molecule has 0 radical (unpaired) electrons. The Morgan fingerprint density at radius 1 is 1.31 bits per heavy atom. The molecule has 3 heteroatoms. The lowest BCUT2D eigenvalue weighted by molar-refractivity contribution is -0.136. The largest absolute Gasteiger partial charge is 0.352 e. The Morgan fingerprint density at radius 2 is 2.00 bits per heavy atom. The topological polar surface area (TPSA) is 55.1 Å². The highest BCUT2D eigenvalue weighted by molar-refractivity contribution is 5.84. The van der Waals surface area contributed by atoms with Gasteiger partial charge in [-0.25, -0.2) is 0 Å². The predicted molar refractivity (Wildman–Crippen MR) is 64.9 cm³/mol. The van der Waals surface area contributed by atoms with Gasteiger partial charge in [0.1, 0.15) is 0 Å². The number of nitrogens with one attached hydrogen (secondary N) is 1. The number of nitrogens with two attached hydrogens (primary N) is 1. The van der Waals surface area contributed by atoms with Crippen LogP contribution in [0.2, 0.25) is 0 Å². The van der Waals surface area contributed by atoms with Crippen molar-refractivity contribution in [1.29, 1.82) is 0 Å². The Labute approximate surface area is 98.2 Å². The van der Waals surface area contributed by atoms with Crippen LogP contribution >= 0.6 is 0 Å². The molecule has 1 amide bonds. The van der Waals surface area contributed by atoms with E-state index < -0.39 is 0 Å². The average Bonchev–Trinajstić information content (AvgIpc) is 2.45. The molecule has 1 unspecified atom stereocenters. The zero-order valence-corrected chi connectivity index (χ0v) is 10.5. The molecule has 0 aliphatic heterocycles. The number of amides is 1. The monoisotopic (exact) mass is 224 g/mol. The molecule has 0 spiro atoms. The van der Waals surface area contributed by atoms with Gasteiger partial charge in [-0.05, 0) is 31.1 Å². The Morgan fingerprint density at radius 3 is 2.38 bits per heavy atom. The molecular formula is C13H24N2O. The van der Waals surface area contributed by atoms with E-state index in [-0.39, 0.29) is 16.7 Å². The van der Waals surface area contributed by atoms with Crippen LogP contribution in [0.1, 0.15) is 52.4 Å². The third-order valence-electron chi connectivity index (χ3n) is 4.75. The number of carbonyl (C=O) groups excluding carboxylic acids is 1. The molecule has 2 rings (SSSR count). The molecule has 3 N–H and O–H groups in total. The van der Waals surface area contributed by atoms with Gasteiger partial charge in [-0.2, -0.15) is 0 Å². The Bertz CT molecular complexity index is 276. The predicted octanol–water partition coefficient (Wildman–Crippen LogP) is 1.81. The molecule has 0 saturated heterocycles. The first-order valence-electron chi connectivity index (χ1n) is 6.51. The molecule has 3 nitrogen and oxygen atoms in total. The van der Waals surface area contributed by atoms with Gasteiger partial charge in [-0.3, -0.25) is 4.79 Å². The summed E-state index contributed by atoms with van der Waals surface area (Å²) in [4.78, 5) is 12.2. The van der Waals surface area contributed by atoms with E-state index in [1.807, 2.05) is 0 Å². The van der Waals surface area contributed by atoms with Gasteiger partial charge in [0.15, 0.2) is 0 Å². The molecule has 0 aromatic carbocycles.